The third kappa shape index (κ3) is 1.84. The van der Waals surface area contributed by atoms with Crippen molar-refractivity contribution in [2.45, 2.75) is 37.6 Å². The van der Waals surface area contributed by atoms with Gasteiger partial charge in [0.25, 0.3) is 0 Å². The molecule has 2 heterocycles. The molecule has 17 heavy (non-hydrogen) atoms. The van der Waals surface area contributed by atoms with Gasteiger partial charge in [0.15, 0.2) is 0 Å². The largest absolute Gasteiger partial charge is 0.361 e. The summed E-state index contributed by atoms with van der Waals surface area (Å²) in [5, 5.41) is 9.26. The minimum absolute atomic E-state index is 0.0152. The Labute approximate surface area is 102 Å². The Morgan fingerprint density at radius 2 is 2.06 bits per heavy atom. The van der Waals surface area contributed by atoms with E-state index >= 15 is 0 Å². The van der Waals surface area contributed by atoms with Gasteiger partial charge in [-0.25, -0.2) is 0 Å². The number of hydrogen-bond donors (Lipinski definition) is 0. The second-order valence-electron chi connectivity index (χ2n) is 4.74. The van der Waals surface area contributed by atoms with Crippen LogP contribution in [0.3, 0.4) is 0 Å². The van der Waals surface area contributed by atoms with Crippen molar-refractivity contribution in [2.75, 3.05) is 6.61 Å². The van der Waals surface area contributed by atoms with Crippen molar-refractivity contribution < 1.29 is 4.74 Å². The minimum atomic E-state index is 0.0152. The van der Waals surface area contributed by atoms with Crippen molar-refractivity contribution in [2.24, 2.45) is 0 Å². The van der Waals surface area contributed by atoms with E-state index in [2.05, 4.69) is 23.1 Å². The van der Waals surface area contributed by atoms with E-state index < -0.39 is 0 Å². The van der Waals surface area contributed by atoms with Crippen molar-refractivity contribution in [3.05, 3.63) is 35.9 Å². The van der Waals surface area contributed by atoms with Crippen LogP contribution in [-0.4, -0.2) is 23.8 Å². The summed E-state index contributed by atoms with van der Waals surface area (Å²) in [5.41, 5.74) is 1.26. The molecule has 1 aromatic carbocycles. The molecule has 0 N–H and O–H groups in total. The molecule has 2 saturated heterocycles. The zero-order chi connectivity index (χ0) is 11.7. The summed E-state index contributed by atoms with van der Waals surface area (Å²) < 4.78 is 5.83. The summed E-state index contributed by atoms with van der Waals surface area (Å²) in [4.78, 5) is 2.26. The van der Waals surface area contributed by atoms with Gasteiger partial charge in [-0.05, 0) is 24.8 Å². The predicted octanol–water partition coefficient (Wildman–Crippen LogP) is 2.46. The maximum atomic E-state index is 9.26. The lowest BCUT2D eigenvalue weighted by molar-refractivity contribution is -0.0121. The molecule has 0 saturated carbocycles. The average Bonchev–Trinajstić information content (AvgIpc) is 2.83. The van der Waals surface area contributed by atoms with Gasteiger partial charge in [-0.1, -0.05) is 30.3 Å². The summed E-state index contributed by atoms with van der Waals surface area (Å²) in [6.07, 6.45) is 3.28. The molecule has 3 nitrogen and oxygen atoms in total. The Morgan fingerprint density at radius 1 is 1.24 bits per heavy atom. The summed E-state index contributed by atoms with van der Waals surface area (Å²) in [7, 11) is 0. The highest BCUT2D eigenvalue weighted by atomic mass is 16.5. The second kappa shape index (κ2) is 4.48. The first-order valence-corrected chi connectivity index (χ1v) is 6.24. The topological polar surface area (TPSA) is 36.3 Å². The van der Waals surface area contributed by atoms with Crippen LogP contribution in [0.15, 0.2) is 30.3 Å². The van der Waals surface area contributed by atoms with E-state index in [-0.39, 0.29) is 18.3 Å². The number of nitrogens with zero attached hydrogens (tertiary/aromatic N) is 2. The molecule has 2 aliphatic heterocycles. The molecule has 0 amide bonds. The van der Waals surface area contributed by atoms with Crippen molar-refractivity contribution in [1.29, 1.82) is 5.26 Å². The monoisotopic (exact) mass is 228 g/mol. The SMILES string of the molecule is N#C[C@@H]1CCC[C@@H]2OC[C@@H](c3ccccc3)N12. The lowest BCUT2D eigenvalue weighted by Gasteiger charge is -2.35. The van der Waals surface area contributed by atoms with Gasteiger partial charge >= 0.3 is 0 Å². The third-order valence-corrected chi connectivity index (χ3v) is 3.76. The molecular weight excluding hydrogens is 212 g/mol. The molecule has 3 heteroatoms. The van der Waals surface area contributed by atoms with E-state index in [1.54, 1.807) is 0 Å². The highest BCUT2D eigenvalue weighted by molar-refractivity contribution is 5.21. The quantitative estimate of drug-likeness (QED) is 0.740. The van der Waals surface area contributed by atoms with Gasteiger partial charge in [-0.2, -0.15) is 5.26 Å². The van der Waals surface area contributed by atoms with Gasteiger partial charge < -0.3 is 4.74 Å². The molecule has 0 aromatic heterocycles. The zero-order valence-electron chi connectivity index (χ0n) is 9.75. The van der Waals surface area contributed by atoms with Crippen LogP contribution < -0.4 is 0 Å². The summed E-state index contributed by atoms with van der Waals surface area (Å²) in [5.74, 6) is 0. The highest BCUT2D eigenvalue weighted by Gasteiger charge is 2.42. The number of hydrogen-bond acceptors (Lipinski definition) is 3. The van der Waals surface area contributed by atoms with Crippen LogP contribution in [0.5, 0.6) is 0 Å². The van der Waals surface area contributed by atoms with Gasteiger partial charge in [0.1, 0.15) is 12.3 Å². The Bertz CT molecular complexity index is 426. The Morgan fingerprint density at radius 3 is 2.82 bits per heavy atom. The highest BCUT2D eigenvalue weighted by Crippen LogP contribution is 2.38. The molecule has 2 fully saturated rings. The number of rotatable bonds is 1. The van der Waals surface area contributed by atoms with Crippen LogP contribution in [0.2, 0.25) is 0 Å². The Kier molecular flexibility index (Phi) is 2.84. The molecular formula is C14H16N2O. The van der Waals surface area contributed by atoms with Crippen LogP contribution >= 0.6 is 0 Å². The number of ether oxygens (including phenoxy) is 1. The van der Waals surface area contributed by atoms with Crippen LogP contribution in [-0.2, 0) is 4.74 Å². The Hall–Kier alpha value is -1.37. The molecule has 3 rings (SSSR count). The lowest BCUT2D eigenvalue weighted by atomic mass is 9.98. The van der Waals surface area contributed by atoms with Gasteiger partial charge in [-0.3, -0.25) is 4.90 Å². The van der Waals surface area contributed by atoms with E-state index in [1.165, 1.54) is 5.56 Å². The second-order valence-corrected chi connectivity index (χ2v) is 4.74. The van der Waals surface area contributed by atoms with E-state index in [4.69, 9.17) is 4.74 Å². The first kappa shape index (κ1) is 10.8. The molecule has 1 aromatic rings. The van der Waals surface area contributed by atoms with Crippen LogP contribution in [0.1, 0.15) is 30.9 Å². The third-order valence-electron chi connectivity index (χ3n) is 3.76. The molecule has 0 aliphatic carbocycles. The van der Waals surface area contributed by atoms with Crippen LogP contribution in [0.25, 0.3) is 0 Å². The lowest BCUT2D eigenvalue weighted by Crippen LogP contribution is -2.43. The summed E-state index contributed by atoms with van der Waals surface area (Å²) in [6.45, 7) is 0.715. The standard InChI is InChI=1S/C14H16N2O/c15-9-12-7-4-8-14-16(12)13(10-17-14)11-5-2-1-3-6-11/h1-3,5-6,12-14H,4,7-8,10H2/t12-,13-,14-/m0/s1. The molecule has 0 unspecified atom stereocenters. The normalized spacial score (nSPS) is 33.0. The first-order valence-electron chi connectivity index (χ1n) is 6.24. The smallest absolute Gasteiger partial charge is 0.112 e. The van der Waals surface area contributed by atoms with Gasteiger partial charge in [-0.15, -0.1) is 0 Å². The predicted molar refractivity (Wildman–Crippen MR) is 64.0 cm³/mol. The number of piperidine rings is 1. The van der Waals surface area contributed by atoms with Gasteiger partial charge in [0.2, 0.25) is 0 Å². The number of benzene rings is 1. The maximum absolute atomic E-state index is 9.26. The van der Waals surface area contributed by atoms with Crippen molar-refractivity contribution in [3.63, 3.8) is 0 Å². The van der Waals surface area contributed by atoms with Crippen molar-refractivity contribution in [3.8, 4) is 6.07 Å². The van der Waals surface area contributed by atoms with Crippen LogP contribution in [0.4, 0.5) is 0 Å². The fraction of sp³-hybridized carbons (Fsp3) is 0.500. The van der Waals surface area contributed by atoms with Gasteiger partial charge in [0.05, 0.1) is 18.7 Å². The number of nitriles is 1. The average molecular weight is 228 g/mol. The van der Waals surface area contributed by atoms with E-state index in [0.29, 0.717) is 6.61 Å². The van der Waals surface area contributed by atoms with Crippen molar-refractivity contribution >= 4 is 0 Å². The minimum Gasteiger partial charge on any atom is -0.361 e. The van der Waals surface area contributed by atoms with Gasteiger partial charge in [0, 0.05) is 0 Å². The van der Waals surface area contributed by atoms with Crippen molar-refractivity contribution in [1.82, 2.24) is 4.90 Å². The maximum Gasteiger partial charge on any atom is 0.112 e. The molecule has 0 radical (unpaired) electrons. The Balaban J connectivity index is 1.89. The summed E-state index contributed by atoms with van der Waals surface area (Å²) >= 11 is 0. The first-order chi connectivity index (χ1) is 8.40. The fourth-order valence-corrected chi connectivity index (χ4v) is 2.94. The zero-order valence-corrected chi connectivity index (χ0v) is 9.75. The molecule has 0 bridgehead atoms. The molecule has 0 spiro atoms. The number of fused-ring (bicyclic) bond motifs is 1. The molecule has 88 valence electrons. The molecule has 3 atom stereocenters. The van der Waals surface area contributed by atoms with E-state index in [9.17, 15) is 5.26 Å². The molecule has 2 aliphatic rings. The fourth-order valence-electron chi connectivity index (χ4n) is 2.94. The van der Waals surface area contributed by atoms with E-state index in [0.717, 1.165) is 19.3 Å². The van der Waals surface area contributed by atoms with E-state index in [1.807, 2.05) is 18.2 Å². The van der Waals surface area contributed by atoms with Crippen LogP contribution in [0, 0.1) is 11.3 Å². The summed E-state index contributed by atoms with van der Waals surface area (Å²) in [6, 6.07) is 13.1.